The zero-order chi connectivity index (χ0) is 10.3. The fraction of sp³-hybridized carbons (Fsp3) is 0.333. The van der Waals surface area contributed by atoms with E-state index in [2.05, 4.69) is 28.8 Å². The minimum atomic E-state index is -0.508. The van der Waals surface area contributed by atoms with Gasteiger partial charge in [-0.05, 0) is 5.41 Å². The maximum Gasteiger partial charge on any atom is 0.333 e. The van der Waals surface area contributed by atoms with E-state index in [9.17, 15) is 9.59 Å². The van der Waals surface area contributed by atoms with Crippen molar-refractivity contribution < 1.29 is 9.59 Å². The molecule has 0 saturated carbocycles. The molecule has 0 radical (unpaired) electrons. The van der Waals surface area contributed by atoms with E-state index in [4.69, 9.17) is 5.73 Å². The summed E-state index contributed by atoms with van der Waals surface area (Å²) in [7, 11) is 1.47. The van der Waals surface area contributed by atoms with Gasteiger partial charge in [-0.25, -0.2) is 4.79 Å². The van der Waals surface area contributed by atoms with E-state index in [1.165, 1.54) is 12.5 Å². The number of nitrogens with two attached hydrogens (primary N) is 1. The highest BCUT2D eigenvalue weighted by molar-refractivity contribution is 7.83. The summed E-state index contributed by atoms with van der Waals surface area (Å²) < 4.78 is 0. The van der Waals surface area contributed by atoms with Gasteiger partial charge in [0.1, 0.15) is 0 Å². The van der Waals surface area contributed by atoms with Crippen LogP contribution in [0.5, 0.6) is 0 Å². The van der Waals surface area contributed by atoms with Crippen molar-refractivity contribution in [1.82, 2.24) is 16.2 Å². The normalized spacial score (nSPS) is 10.5. The fourth-order valence-electron chi connectivity index (χ4n) is 0.509. The van der Waals surface area contributed by atoms with Crippen LogP contribution in [0.1, 0.15) is 6.42 Å². The lowest BCUT2D eigenvalue weighted by Crippen LogP contribution is -2.42. The first-order chi connectivity index (χ1) is 6.10. The molecule has 74 valence electrons. The maximum atomic E-state index is 10.7. The van der Waals surface area contributed by atoms with Crippen molar-refractivity contribution >= 4 is 24.6 Å². The summed E-state index contributed by atoms with van der Waals surface area (Å²) >= 11 is 3.82. The Bertz CT molecular complexity index is 229. The monoisotopic (exact) mass is 204 g/mol. The molecule has 7 heteroatoms. The number of hydrazine groups is 1. The first-order valence-corrected chi connectivity index (χ1v) is 3.97. The summed E-state index contributed by atoms with van der Waals surface area (Å²) in [6.07, 6.45) is -0.00645. The number of amides is 3. The molecule has 0 aromatic heterocycles. The van der Waals surface area contributed by atoms with Crippen LogP contribution in [0.2, 0.25) is 0 Å². The Morgan fingerprint density at radius 1 is 1.46 bits per heavy atom. The molecule has 0 bridgehead atoms. The van der Waals surface area contributed by atoms with Crippen molar-refractivity contribution in [2.45, 2.75) is 6.42 Å². The molecule has 0 unspecified atom stereocenters. The lowest BCUT2D eigenvalue weighted by Gasteiger charge is -2.09. The van der Waals surface area contributed by atoms with E-state index in [1.54, 1.807) is 0 Å². The number of hydrogen-bond acceptors (Lipinski definition) is 4. The van der Waals surface area contributed by atoms with Gasteiger partial charge in [-0.15, -0.1) is 12.6 Å². The molecule has 5 N–H and O–H groups in total. The SMILES string of the molecule is CNC(=O)NN/C(=C\S)CC(N)=O. The Morgan fingerprint density at radius 2 is 2.08 bits per heavy atom. The summed E-state index contributed by atoms with van der Waals surface area (Å²) in [5.41, 5.74) is 10.1. The van der Waals surface area contributed by atoms with Crippen molar-refractivity contribution in [2.75, 3.05) is 7.05 Å². The third-order valence-electron chi connectivity index (χ3n) is 1.08. The van der Waals surface area contributed by atoms with E-state index in [0.717, 1.165) is 0 Å². The van der Waals surface area contributed by atoms with E-state index >= 15 is 0 Å². The lowest BCUT2D eigenvalue weighted by atomic mass is 10.3. The van der Waals surface area contributed by atoms with Crippen LogP contribution in [0, 0.1) is 0 Å². The summed E-state index contributed by atoms with van der Waals surface area (Å²) in [5, 5.41) is 3.66. The Balaban J connectivity index is 3.87. The Morgan fingerprint density at radius 3 is 2.46 bits per heavy atom. The quantitative estimate of drug-likeness (QED) is 0.302. The molecular formula is C6H12N4O2S. The van der Waals surface area contributed by atoms with Crippen LogP contribution in [0.4, 0.5) is 4.79 Å². The van der Waals surface area contributed by atoms with Gasteiger partial charge >= 0.3 is 6.03 Å². The number of primary amides is 1. The van der Waals surface area contributed by atoms with Gasteiger partial charge in [0, 0.05) is 12.7 Å². The van der Waals surface area contributed by atoms with Crippen molar-refractivity contribution in [3.05, 3.63) is 11.1 Å². The molecule has 0 aliphatic rings. The summed E-state index contributed by atoms with van der Waals surface area (Å²) in [6, 6.07) is -0.419. The van der Waals surface area contributed by atoms with Gasteiger partial charge < -0.3 is 16.5 Å². The first kappa shape index (κ1) is 11.6. The van der Waals surface area contributed by atoms with Crippen molar-refractivity contribution in [3.63, 3.8) is 0 Å². The number of nitrogens with one attached hydrogen (secondary N) is 3. The molecule has 0 rings (SSSR count). The predicted molar refractivity (Wildman–Crippen MR) is 51.6 cm³/mol. The Kier molecular flexibility index (Phi) is 5.53. The van der Waals surface area contributed by atoms with E-state index < -0.39 is 11.9 Å². The van der Waals surface area contributed by atoms with Crippen LogP contribution in [0.3, 0.4) is 0 Å². The third kappa shape index (κ3) is 5.85. The summed E-state index contributed by atoms with van der Waals surface area (Å²) in [4.78, 5) is 21.1. The van der Waals surface area contributed by atoms with Crippen LogP contribution < -0.4 is 21.9 Å². The number of hydrogen-bond donors (Lipinski definition) is 5. The molecule has 0 saturated heterocycles. The second-order valence-corrected chi connectivity index (χ2v) is 2.38. The highest BCUT2D eigenvalue weighted by Gasteiger charge is 2.01. The molecule has 3 amide bonds. The molecule has 0 aromatic rings. The molecule has 0 aromatic carbocycles. The first-order valence-electron chi connectivity index (χ1n) is 3.45. The lowest BCUT2D eigenvalue weighted by molar-refractivity contribution is -0.117. The molecule has 13 heavy (non-hydrogen) atoms. The van der Waals surface area contributed by atoms with Gasteiger partial charge in [0.25, 0.3) is 0 Å². The largest absolute Gasteiger partial charge is 0.369 e. The van der Waals surface area contributed by atoms with Gasteiger partial charge in [-0.1, -0.05) is 0 Å². The molecule has 6 nitrogen and oxygen atoms in total. The molecule has 0 fully saturated rings. The number of carbonyl (C=O) groups excluding carboxylic acids is 2. The van der Waals surface area contributed by atoms with Crippen LogP contribution >= 0.6 is 12.6 Å². The molecule has 0 heterocycles. The van der Waals surface area contributed by atoms with Crippen molar-refractivity contribution in [2.24, 2.45) is 5.73 Å². The number of thiol groups is 1. The van der Waals surface area contributed by atoms with Gasteiger partial charge in [0.15, 0.2) is 0 Å². The summed E-state index contributed by atoms with van der Waals surface area (Å²) in [5.74, 6) is -0.508. The Labute approximate surface area is 81.3 Å². The molecular weight excluding hydrogens is 192 g/mol. The zero-order valence-corrected chi connectivity index (χ0v) is 8.02. The van der Waals surface area contributed by atoms with E-state index in [0.29, 0.717) is 5.70 Å². The molecule has 0 aliphatic carbocycles. The summed E-state index contributed by atoms with van der Waals surface area (Å²) in [6.45, 7) is 0. The van der Waals surface area contributed by atoms with E-state index in [-0.39, 0.29) is 6.42 Å². The second-order valence-electron chi connectivity index (χ2n) is 2.13. The van der Waals surface area contributed by atoms with Crippen molar-refractivity contribution in [3.8, 4) is 0 Å². The van der Waals surface area contributed by atoms with Gasteiger partial charge in [0.2, 0.25) is 5.91 Å². The van der Waals surface area contributed by atoms with Gasteiger partial charge in [-0.3, -0.25) is 10.2 Å². The fourth-order valence-corrected chi connectivity index (χ4v) is 0.665. The highest BCUT2D eigenvalue weighted by Crippen LogP contribution is 1.95. The van der Waals surface area contributed by atoms with Crippen LogP contribution in [-0.4, -0.2) is 19.0 Å². The zero-order valence-electron chi connectivity index (χ0n) is 7.13. The number of rotatable bonds is 4. The number of carbonyl (C=O) groups is 2. The standard InChI is InChI=1S/C6H12N4O2S/c1-8-6(12)10-9-4(3-13)2-5(7)11/h3,9,13H,2H2,1H3,(H2,7,11)(H2,8,10,12)/b4-3-. The van der Waals surface area contributed by atoms with Gasteiger partial charge in [-0.2, -0.15) is 0 Å². The predicted octanol–water partition coefficient (Wildman–Crippen LogP) is -0.933. The number of urea groups is 1. The maximum absolute atomic E-state index is 10.7. The highest BCUT2D eigenvalue weighted by atomic mass is 32.1. The molecule has 0 atom stereocenters. The van der Waals surface area contributed by atoms with Crippen LogP contribution in [0.25, 0.3) is 0 Å². The van der Waals surface area contributed by atoms with Crippen LogP contribution in [-0.2, 0) is 4.79 Å². The second kappa shape index (κ2) is 6.18. The average molecular weight is 204 g/mol. The Hall–Kier alpha value is -1.37. The van der Waals surface area contributed by atoms with E-state index in [1.807, 2.05) is 0 Å². The molecule has 0 aliphatic heterocycles. The van der Waals surface area contributed by atoms with Gasteiger partial charge in [0.05, 0.1) is 6.42 Å². The average Bonchev–Trinajstić information content (AvgIpc) is 2.10. The van der Waals surface area contributed by atoms with Crippen molar-refractivity contribution in [1.29, 1.82) is 0 Å². The molecule has 0 spiro atoms. The minimum absolute atomic E-state index is 0.00645. The van der Waals surface area contributed by atoms with Crippen LogP contribution in [0.15, 0.2) is 11.1 Å². The smallest absolute Gasteiger partial charge is 0.333 e. The topological polar surface area (TPSA) is 96.2 Å². The third-order valence-corrected chi connectivity index (χ3v) is 1.40. The minimum Gasteiger partial charge on any atom is -0.369 e.